The molecule has 1 aromatic carbocycles. The Kier molecular flexibility index (Phi) is 10.7. The zero-order valence-electron chi connectivity index (χ0n) is 23.2. The molecule has 9 nitrogen and oxygen atoms in total. The van der Waals surface area contributed by atoms with E-state index in [1.807, 2.05) is 51.1 Å². The minimum absolute atomic E-state index is 0.0165. The van der Waals surface area contributed by atoms with Crippen LogP contribution in [0.15, 0.2) is 30.3 Å². The number of benzene rings is 1. The minimum Gasteiger partial charge on any atom is -0.390 e. The molecule has 6 atom stereocenters. The second-order valence-electron chi connectivity index (χ2n) is 12.3. The Balaban J connectivity index is 1.76. The van der Waals surface area contributed by atoms with E-state index in [1.165, 1.54) is 25.7 Å². The number of aliphatic hydroxyl groups excluding tert-OH is 1. The third-order valence-electron chi connectivity index (χ3n) is 7.83. The molecule has 38 heavy (non-hydrogen) atoms. The number of hydrogen-bond acceptors (Lipinski definition) is 6. The summed E-state index contributed by atoms with van der Waals surface area (Å²) in [6, 6.07) is 7.97. The topological polar surface area (TPSA) is 151 Å². The fraction of sp³-hybridized carbons (Fsp3) is 0.690. The van der Waals surface area contributed by atoms with Gasteiger partial charge in [-0.05, 0) is 57.4 Å². The molecule has 1 heterocycles. The molecule has 1 aliphatic carbocycles. The Morgan fingerprint density at radius 2 is 1.76 bits per heavy atom. The van der Waals surface area contributed by atoms with Gasteiger partial charge in [0.1, 0.15) is 0 Å². The summed E-state index contributed by atoms with van der Waals surface area (Å²) >= 11 is 0. The summed E-state index contributed by atoms with van der Waals surface area (Å²) in [6.45, 7) is 7.10. The number of β-amino-alcohol motifs (C(OH)–C–C–N with tert-alkyl or cyclic N) is 1. The van der Waals surface area contributed by atoms with E-state index in [0.717, 1.165) is 18.5 Å². The summed E-state index contributed by atoms with van der Waals surface area (Å²) < 4.78 is 0. The van der Waals surface area contributed by atoms with Crippen LogP contribution in [0, 0.1) is 11.8 Å². The monoisotopic (exact) mass is 529 g/mol. The van der Waals surface area contributed by atoms with Crippen molar-refractivity contribution in [3.63, 3.8) is 0 Å². The van der Waals surface area contributed by atoms with Gasteiger partial charge in [0.15, 0.2) is 0 Å². The van der Waals surface area contributed by atoms with E-state index in [2.05, 4.69) is 15.5 Å². The number of aliphatic hydroxyl groups is 1. The van der Waals surface area contributed by atoms with Crippen LogP contribution in [0.3, 0.4) is 0 Å². The number of fused-ring (bicyclic) bond motifs is 1. The van der Waals surface area contributed by atoms with E-state index in [4.69, 9.17) is 11.5 Å². The van der Waals surface area contributed by atoms with E-state index in [9.17, 15) is 19.5 Å². The number of rotatable bonds is 11. The van der Waals surface area contributed by atoms with Crippen molar-refractivity contribution in [3.8, 4) is 0 Å². The molecule has 212 valence electrons. The van der Waals surface area contributed by atoms with Crippen LogP contribution in [0.1, 0.15) is 71.3 Å². The number of amides is 3. The molecular formula is C29H47N5O4. The molecule has 0 spiro atoms. The molecule has 3 amide bonds. The number of carbonyl (C=O) groups is 3. The molecule has 3 rings (SSSR count). The lowest BCUT2D eigenvalue weighted by Gasteiger charge is -2.47. The van der Waals surface area contributed by atoms with E-state index in [1.54, 1.807) is 0 Å². The Labute approximate surface area is 227 Å². The summed E-state index contributed by atoms with van der Waals surface area (Å²) in [7, 11) is 0. The standard InChI is InChI=1S/C29H47N5O4/c1-29(2,3)33-27(37)15-22-14-20-11-7-8-12-21(20)17-34(22)18-25(35)24(13-19-9-5-4-6-10-19)32-28(38)23(30)16-26(31)36/h4-6,9-10,20-25,35H,7-8,11-18,30H2,1-3H3,(H2,31,36)(H,32,38)(H,33,37)/t20-,21+,22-,23-,24-,25+/m0/s1. The summed E-state index contributed by atoms with van der Waals surface area (Å²) in [5.41, 5.74) is 11.8. The number of likely N-dealkylation sites (tertiary alicyclic amines) is 1. The first-order chi connectivity index (χ1) is 17.9. The number of nitrogens with zero attached hydrogens (tertiary/aromatic N) is 1. The zero-order valence-corrected chi connectivity index (χ0v) is 23.2. The third kappa shape index (κ3) is 9.36. The van der Waals surface area contributed by atoms with Gasteiger partial charge in [0.05, 0.1) is 24.6 Å². The number of piperidine rings is 1. The number of nitrogens with one attached hydrogen (secondary N) is 2. The van der Waals surface area contributed by atoms with Gasteiger partial charge in [-0.25, -0.2) is 0 Å². The van der Waals surface area contributed by atoms with Crippen LogP contribution < -0.4 is 22.1 Å². The smallest absolute Gasteiger partial charge is 0.237 e. The number of primary amides is 1. The lowest BCUT2D eigenvalue weighted by atomic mass is 9.72. The number of carbonyl (C=O) groups excluding carboxylic acids is 3. The first-order valence-electron chi connectivity index (χ1n) is 14.0. The molecule has 2 fully saturated rings. The quantitative estimate of drug-likeness (QED) is 0.293. The van der Waals surface area contributed by atoms with Crippen LogP contribution in [0.4, 0.5) is 0 Å². The van der Waals surface area contributed by atoms with Gasteiger partial charge in [0, 0.05) is 31.1 Å². The van der Waals surface area contributed by atoms with Crippen molar-refractivity contribution in [1.82, 2.24) is 15.5 Å². The molecule has 0 unspecified atom stereocenters. The second-order valence-corrected chi connectivity index (χ2v) is 12.3. The fourth-order valence-electron chi connectivity index (χ4n) is 6.02. The Bertz CT molecular complexity index is 935. The molecule has 0 radical (unpaired) electrons. The van der Waals surface area contributed by atoms with E-state index in [0.29, 0.717) is 31.2 Å². The second kappa shape index (κ2) is 13.5. The maximum absolute atomic E-state index is 12.9. The van der Waals surface area contributed by atoms with E-state index in [-0.39, 0.29) is 23.9 Å². The largest absolute Gasteiger partial charge is 0.390 e. The normalized spacial score (nSPS) is 24.5. The van der Waals surface area contributed by atoms with Crippen LogP contribution in [0.2, 0.25) is 0 Å². The van der Waals surface area contributed by atoms with E-state index >= 15 is 0 Å². The highest BCUT2D eigenvalue weighted by molar-refractivity contribution is 5.87. The summed E-state index contributed by atoms with van der Waals surface area (Å²) in [5.74, 6) is 0.0125. The Morgan fingerprint density at radius 3 is 2.39 bits per heavy atom. The predicted octanol–water partition coefficient (Wildman–Crippen LogP) is 1.46. The van der Waals surface area contributed by atoms with Gasteiger partial charge in [-0.2, -0.15) is 0 Å². The Morgan fingerprint density at radius 1 is 1.11 bits per heavy atom. The molecule has 2 aliphatic rings. The lowest BCUT2D eigenvalue weighted by Crippen LogP contribution is -2.57. The molecule has 1 saturated carbocycles. The van der Waals surface area contributed by atoms with Crippen molar-refractivity contribution >= 4 is 17.7 Å². The Hall–Kier alpha value is -2.49. The maximum atomic E-state index is 12.9. The van der Waals surface area contributed by atoms with Crippen molar-refractivity contribution in [2.45, 2.75) is 102 Å². The summed E-state index contributed by atoms with van der Waals surface area (Å²) in [4.78, 5) is 39.2. The van der Waals surface area contributed by atoms with Crippen LogP contribution in [-0.2, 0) is 20.8 Å². The van der Waals surface area contributed by atoms with Gasteiger partial charge in [-0.15, -0.1) is 0 Å². The summed E-state index contributed by atoms with van der Waals surface area (Å²) in [6.07, 6.45) is 5.40. The zero-order chi connectivity index (χ0) is 27.9. The SMILES string of the molecule is CC(C)(C)NC(=O)C[C@@H]1C[C@@H]2CCCC[C@@H]2CN1C[C@@H](O)[C@H](Cc1ccccc1)NC(=O)[C@@H](N)CC(N)=O. The van der Waals surface area contributed by atoms with Gasteiger partial charge in [-0.3, -0.25) is 19.3 Å². The van der Waals surface area contributed by atoms with Crippen LogP contribution in [0.5, 0.6) is 0 Å². The van der Waals surface area contributed by atoms with Crippen molar-refractivity contribution < 1.29 is 19.5 Å². The molecule has 1 saturated heterocycles. The highest BCUT2D eigenvalue weighted by atomic mass is 16.3. The highest BCUT2D eigenvalue weighted by Gasteiger charge is 2.39. The van der Waals surface area contributed by atoms with Gasteiger partial charge in [0.25, 0.3) is 0 Å². The fourth-order valence-corrected chi connectivity index (χ4v) is 6.02. The molecule has 7 N–H and O–H groups in total. The van der Waals surface area contributed by atoms with Crippen molar-refractivity contribution in [1.29, 1.82) is 0 Å². The summed E-state index contributed by atoms with van der Waals surface area (Å²) in [5, 5.41) is 17.4. The molecule has 0 aromatic heterocycles. The average molecular weight is 530 g/mol. The third-order valence-corrected chi connectivity index (χ3v) is 7.83. The first-order valence-corrected chi connectivity index (χ1v) is 14.0. The van der Waals surface area contributed by atoms with Crippen molar-refractivity contribution in [3.05, 3.63) is 35.9 Å². The van der Waals surface area contributed by atoms with E-state index < -0.39 is 30.0 Å². The molecule has 0 bridgehead atoms. The minimum atomic E-state index is -1.08. The van der Waals surface area contributed by atoms with Gasteiger partial charge in [-0.1, -0.05) is 49.6 Å². The molecule has 1 aliphatic heterocycles. The van der Waals surface area contributed by atoms with Gasteiger partial charge >= 0.3 is 0 Å². The lowest BCUT2D eigenvalue weighted by molar-refractivity contribution is -0.127. The first kappa shape index (κ1) is 30.1. The number of hydrogen-bond donors (Lipinski definition) is 5. The highest BCUT2D eigenvalue weighted by Crippen LogP contribution is 2.39. The van der Waals surface area contributed by atoms with Gasteiger partial charge in [0.2, 0.25) is 17.7 Å². The van der Waals surface area contributed by atoms with Gasteiger partial charge < -0.3 is 27.2 Å². The number of nitrogens with two attached hydrogens (primary N) is 2. The molecule has 9 heteroatoms. The average Bonchev–Trinajstić information content (AvgIpc) is 2.83. The predicted molar refractivity (Wildman–Crippen MR) is 148 cm³/mol. The molecular weight excluding hydrogens is 482 g/mol. The van der Waals surface area contributed by atoms with Crippen molar-refractivity contribution in [2.24, 2.45) is 23.3 Å². The molecule has 1 aromatic rings. The van der Waals surface area contributed by atoms with Crippen LogP contribution >= 0.6 is 0 Å². The maximum Gasteiger partial charge on any atom is 0.237 e. The van der Waals surface area contributed by atoms with Crippen LogP contribution in [0.25, 0.3) is 0 Å². The van der Waals surface area contributed by atoms with Crippen molar-refractivity contribution in [2.75, 3.05) is 13.1 Å². The van der Waals surface area contributed by atoms with Crippen LogP contribution in [-0.4, -0.2) is 70.6 Å².